The fraction of sp³-hybridized carbons (Fsp3) is 0.133. The quantitative estimate of drug-likeness (QED) is 0.890. The van der Waals surface area contributed by atoms with E-state index in [1.807, 2.05) is 0 Å². The Bertz CT molecular complexity index is 601. The second-order valence-electron chi connectivity index (χ2n) is 4.15. The van der Waals surface area contributed by atoms with Gasteiger partial charge in [0, 0.05) is 10.7 Å². The minimum absolute atomic E-state index is 0.0667. The number of aliphatic hydroxyl groups excluding tert-OH is 1. The van der Waals surface area contributed by atoms with Gasteiger partial charge in [-0.3, -0.25) is 4.79 Å². The van der Waals surface area contributed by atoms with Gasteiger partial charge in [-0.25, -0.2) is 0 Å². The Kier molecular flexibility index (Phi) is 4.98. The van der Waals surface area contributed by atoms with E-state index < -0.39 is 0 Å². The van der Waals surface area contributed by atoms with Gasteiger partial charge < -0.3 is 15.2 Å². The van der Waals surface area contributed by atoms with Gasteiger partial charge in [-0.2, -0.15) is 0 Å². The van der Waals surface area contributed by atoms with Crippen molar-refractivity contribution in [3.8, 4) is 5.75 Å². The van der Waals surface area contributed by atoms with Gasteiger partial charge in [0.15, 0.2) is 6.61 Å². The highest BCUT2D eigenvalue weighted by molar-refractivity contribution is 6.30. The predicted molar refractivity (Wildman–Crippen MR) is 77.9 cm³/mol. The van der Waals surface area contributed by atoms with Crippen LogP contribution in [0.5, 0.6) is 5.75 Å². The number of aliphatic hydroxyl groups is 1. The molecule has 1 amide bonds. The van der Waals surface area contributed by atoms with Crippen molar-refractivity contribution in [1.82, 2.24) is 0 Å². The van der Waals surface area contributed by atoms with Crippen LogP contribution >= 0.6 is 11.6 Å². The Morgan fingerprint density at radius 3 is 2.75 bits per heavy atom. The lowest BCUT2D eigenvalue weighted by Gasteiger charge is -2.08. The zero-order valence-electron chi connectivity index (χ0n) is 10.7. The van der Waals surface area contributed by atoms with Gasteiger partial charge in [0.05, 0.1) is 6.61 Å². The second kappa shape index (κ2) is 6.93. The molecule has 0 saturated heterocycles. The van der Waals surface area contributed by atoms with Crippen LogP contribution in [0.4, 0.5) is 5.69 Å². The van der Waals surface area contributed by atoms with Crippen LogP contribution in [0, 0.1) is 0 Å². The molecule has 2 rings (SSSR count). The average molecular weight is 292 g/mol. The number of nitrogens with one attached hydrogen (secondary N) is 1. The van der Waals surface area contributed by atoms with E-state index >= 15 is 0 Å². The summed E-state index contributed by atoms with van der Waals surface area (Å²) in [5, 5.41) is 12.3. The molecule has 0 saturated carbocycles. The standard InChI is InChI=1S/C15H14ClNO3/c16-12-4-2-6-14(8-12)20-10-15(19)17-13-5-1-3-11(7-13)9-18/h1-8,18H,9-10H2,(H,17,19). The smallest absolute Gasteiger partial charge is 0.262 e. The summed E-state index contributed by atoms with van der Waals surface area (Å²) in [6.45, 7) is -0.174. The summed E-state index contributed by atoms with van der Waals surface area (Å²) < 4.78 is 5.33. The molecule has 0 fully saturated rings. The highest BCUT2D eigenvalue weighted by atomic mass is 35.5. The molecule has 0 bridgehead atoms. The van der Waals surface area contributed by atoms with Crippen molar-refractivity contribution < 1.29 is 14.6 Å². The molecule has 0 aliphatic rings. The summed E-state index contributed by atoms with van der Waals surface area (Å²) in [6, 6.07) is 13.8. The number of halogens is 1. The van der Waals surface area contributed by atoms with E-state index in [4.69, 9.17) is 21.4 Å². The number of carbonyl (C=O) groups excluding carboxylic acids is 1. The van der Waals surface area contributed by atoms with Crippen LogP contribution in [-0.4, -0.2) is 17.6 Å². The average Bonchev–Trinajstić information content (AvgIpc) is 2.45. The van der Waals surface area contributed by atoms with E-state index in [1.54, 1.807) is 48.5 Å². The third-order valence-electron chi connectivity index (χ3n) is 2.56. The summed E-state index contributed by atoms with van der Waals surface area (Å²) in [7, 11) is 0. The maximum atomic E-state index is 11.7. The SMILES string of the molecule is O=C(COc1cccc(Cl)c1)Nc1cccc(CO)c1. The molecule has 104 valence electrons. The number of hydrogen-bond donors (Lipinski definition) is 2. The first kappa shape index (κ1) is 14.4. The normalized spacial score (nSPS) is 10.1. The Hall–Kier alpha value is -2.04. The number of benzene rings is 2. The van der Waals surface area contributed by atoms with Crippen LogP contribution in [0.2, 0.25) is 5.02 Å². The van der Waals surface area contributed by atoms with Crippen LogP contribution in [0.15, 0.2) is 48.5 Å². The highest BCUT2D eigenvalue weighted by Crippen LogP contribution is 2.17. The molecule has 2 aromatic carbocycles. The van der Waals surface area contributed by atoms with Gasteiger partial charge in [-0.05, 0) is 35.9 Å². The largest absolute Gasteiger partial charge is 0.484 e. The number of rotatable bonds is 5. The molecule has 0 unspecified atom stereocenters. The molecule has 0 radical (unpaired) electrons. The van der Waals surface area contributed by atoms with Gasteiger partial charge in [0.25, 0.3) is 5.91 Å². The fourth-order valence-electron chi connectivity index (χ4n) is 1.65. The lowest BCUT2D eigenvalue weighted by Crippen LogP contribution is -2.20. The summed E-state index contributed by atoms with van der Waals surface area (Å²) in [4.78, 5) is 11.7. The zero-order chi connectivity index (χ0) is 14.4. The van der Waals surface area contributed by atoms with Crippen LogP contribution in [0.25, 0.3) is 0 Å². The molecule has 0 aliphatic carbocycles. The predicted octanol–water partition coefficient (Wildman–Crippen LogP) is 2.85. The molecule has 4 nitrogen and oxygen atoms in total. The fourth-order valence-corrected chi connectivity index (χ4v) is 1.83. The van der Waals surface area contributed by atoms with Crippen LogP contribution < -0.4 is 10.1 Å². The molecule has 0 spiro atoms. The Morgan fingerprint density at radius 2 is 2.00 bits per heavy atom. The van der Waals surface area contributed by atoms with Crippen LogP contribution in [-0.2, 0) is 11.4 Å². The molecule has 0 aromatic heterocycles. The van der Waals surface area contributed by atoms with E-state index in [2.05, 4.69) is 5.32 Å². The summed E-state index contributed by atoms with van der Waals surface area (Å²) in [5.41, 5.74) is 1.36. The molecular weight excluding hydrogens is 278 g/mol. The van der Waals surface area contributed by atoms with Crippen molar-refractivity contribution in [3.63, 3.8) is 0 Å². The number of hydrogen-bond acceptors (Lipinski definition) is 3. The van der Waals surface area contributed by atoms with Gasteiger partial charge in [0.2, 0.25) is 0 Å². The molecule has 0 atom stereocenters. The molecule has 2 aromatic rings. The molecule has 2 N–H and O–H groups in total. The molecular formula is C15H14ClNO3. The van der Waals surface area contributed by atoms with Crippen molar-refractivity contribution in [2.75, 3.05) is 11.9 Å². The molecule has 20 heavy (non-hydrogen) atoms. The highest BCUT2D eigenvalue weighted by Gasteiger charge is 2.04. The van der Waals surface area contributed by atoms with E-state index in [1.165, 1.54) is 0 Å². The van der Waals surface area contributed by atoms with Crippen molar-refractivity contribution in [1.29, 1.82) is 0 Å². The monoisotopic (exact) mass is 291 g/mol. The van der Waals surface area contributed by atoms with E-state index in [-0.39, 0.29) is 19.1 Å². The third-order valence-corrected chi connectivity index (χ3v) is 2.79. The van der Waals surface area contributed by atoms with Crippen molar-refractivity contribution >= 4 is 23.2 Å². The van der Waals surface area contributed by atoms with Gasteiger partial charge in [0.1, 0.15) is 5.75 Å². The first-order chi connectivity index (χ1) is 9.67. The Labute approximate surface area is 122 Å². The number of carbonyl (C=O) groups is 1. The maximum Gasteiger partial charge on any atom is 0.262 e. The molecule has 5 heteroatoms. The minimum Gasteiger partial charge on any atom is -0.484 e. The maximum absolute atomic E-state index is 11.7. The minimum atomic E-state index is -0.278. The summed E-state index contributed by atoms with van der Waals surface area (Å²) >= 11 is 5.82. The van der Waals surface area contributed by atoms with Gasteiger partial charge >= 0.3 is 0 Å². The van der Waals surface area contributed by atoms with Gasteiger partial charge in [-0.15, -0.1) is 0 Å². The van der Waals surface area contributed by atoms with E-state index in [9.17, 15) is 4.79 Å². The lowest BCUT2D eigenvalue weighted by atomic mass is 10.2. The first-order valence-corrected chi connectivity index (χ1v) is 6.43. The summed E-state index contributed by atoms with van der Waals surface area (Å²) in [6.07, 6.45) is 0. The first-order valence-electron chi connectivity index (χ1n) is 6.05. The topological polar surface area (TPSA) is 58.6 Å². The van der Waals surface area contributed by atoms with E-state index in [0.29, 0.717) is 16.5 Å². The van der Waals surface area contributed by atoms with Crippen LogP contribution in [0.1, 0.15) is 5.56 Å². The molecule has 0 heterocycles. The van der Waals surface area contributed by atoms with Crippen molar-refractivity contribution in [2.45, 2.75) is 6.61 Å². The number of anilines is 1. The number of ether oxygens (including phenoxy) is 1. The van der Waals surface area contributed by atoms with Crippen LogP contribution in [0.3, 0.4) is 0 Å². The zero-order valence-corrected chi connectivity index (χ0v) is 11.4. The lowest BCUT2D eigenvalue weighted by molar-refractivity contribution is -0.118. The summed E-state index contributed by atoms with van der Waals surface area (Å²) in [5.74, 6) is 0.261. The van der Waals surface area contributed by atoms with Crippen molar-refractivity contribution in [3.05, 3.63) is 59.1 Å². The third kappa shape index (κ3) is 4.26. The number of amides is 1. The van der Waals surface area contributed by atoms with Gasteiger partial charge in [-0.1, -0.05) is 29.8 Å². The molecule has 0 aliphatic heterocycles. The second-order valence-corrected chi connectivity index (χ2v) is 4.59. The Balaban J connectivity index is 1.89. The van der Waals surface area contributed by atoms with E-state index in [0.717, 1.165) is 5.56 Å². The Morgan fingerprint density at radius 1 is 1.20 bits per heavy atom. The van der Waals surface area contributed by atoms with Crippen molar-refractivity contribution in [2.24, 2.45) is 0 Å².